The van der Waals surface area contributed by atoms with Crippen LogP contribution in [0.1, 0.15) is 52.9 Å². The molecule has 1 saturated carbocycles. The van der Waals surface area contributed by atoms with Gasteiger partial charge in [0, 0.05) is 32.8 Å². The van der Waals surface area contributed by atoms with Gasteiger partial charge in [-0.15, -0.1) is 0 Å². The SMILES string of the molecule is CCNCC1(CN2CCCOC(C)C2)CCCC(C)C1. The largest absolute Gasteiger partial charge is 0.377 e. The van der Waals surface area contributed by atoms with Gasteiger partial charge >= 0.3 is 0 Å². The van der Waals surface area contributed by atoms with E-state index in [0.29, 0.717) is 11.5 Å². The van der Waals surface area contributed by atoms with Crippen molar-refractivity contribution < 1.29 is 4.74 Å². The summed E-state index contributed by atoms with van der Waals surface area (Å²) in [6, 6.07) is 0. The zero-order valence-corrected chi connectivity index (χ0v) is 13.8. The van der Waals surface area contributed by atoms with Gasteiger partial charge in [0.2, 0.25) is 0 Å². The third-order valence-corrected chi connectivity index (χ3v) is 5.03. The molecule has 0 amide bonds. The van der Waals surface area contributed by atoms with E-state index in [0.717, 1.165) is 25.6 Å². The molecule has 0 radical (unpaired) electrons. The standard InChI is InChI=1S/C17H34N2O/c1-4-18-13-17(8-5-7-15(2)11-17)14-19-9-6-10-20-16(3)12-19/h15-16,18H,4-14H2,1-3H3. The summed E-state index contributed by atoms with van der Waals surface area (Å²) in [6.45, 7) is 13.7. The zero-order chi connectivity index (χ0) is 14.4. The molecule has 1 aliphatic carbocycles. The van der Waals surface area contributed by atoms with Crippen molar-refractivity contribution in [3.05, 3.63) is 0 Å². The molecule has 1 saturated heterocycles. The minimum absolute atomic E-state index is 0.398. The highest BCUT2D eigenvalue weighted by molar-refractivity contribution is 4.90. The van der Waals surface area contributed by atoms with Gasteiger partial charge in [0.05, 0.1) is 6.10 Å². The molecule has 1 aliphatic heterocycles. The summed E-state index contributed by atoms with van der Waals surface area (Å²) in [5.41, 5.74) is 0.498. The first-order valence-electron chi connectivity index (χ1n) is 8.68. The maximum Gasteiger partial charge on any atom is 0.0673 e. The Kier molecular flexibility index (Phi) is 6.31. The second-order valence-corrected chi connectivity index (χ2v) is 7.25. The predicted molar refractivity (Wildman–Crippen MR) is 85.1 cm³/mol. The molecule has 2 rings (SSSR count). The lowest BCUT2D eigenvalue weighted by Gasteiger charge is -2.43. The summed E-state index contributed by atoms with van der Waals surface area (Å²) in [7, 11) is 0. The molecule has 0 aromatic carbocycles. The Bertz CT molecular complexity index is 284. The highest BCUT2D eigenvalue weighted by Gasteiger charge is 2.36. The predicted octanol–water partition coefficient (Wildman–Crippen LogP) is 2.90. The van der Waals surface area contributed by atoms with E-state index in [1.165, 1.54) is 51.7 Å². The van der Waals surface area contributed by atoms with Crippen molar-refractivity contribution in [2.45, 2.75) is 59.0 Å². The zero-order valence-electron chi connectivity index (χ0n) is 13.8. The first-order valence-corrected chi connectivity index (χ1v) is 8.68. The van der Waals surface area contributed by atoms with E-state index < -0.39 is 0 Å². The first-order chi connectivity index (χ1) is 9.63. The Labute approximate surface area is 125 Å². The molecule has 3 heteroatoms. The molecule has 3 unspecified atom stereocenters. The molecule has 0 spiro atoms. The molecule has 0 bridgehead atoms. The minimum Gasteiger partial charge on any atom is -0.377 e. The molecule has 1 N–H and O–H groups in total. The van der Waals surface area contributed by atoms with Crippen LogP contribution in [-0.4, -0.2) is 50.3 Å². The summed E-state index contributed by atoms with van der Waals surface area (Å²) in [5.74, 6) is 0.892. The van der Waals surface area contributed by atoms with E-state index in [2.05, 4.69) is 31.0 Å². The van der Waals surface area contributed by atoms with Gasteiger partial charge in [-0.1, -0.05) is 26.7 Å². The van der Waals surface area contributed by atoms with Crippen LogP contribution in [0, 0.1) is 11.3 Å². The minimum atomic E-state index is 0.398. The highest BCUT2D eigenvalue weighted by atomic mass is 16.5. The molecule has 2 fully saturated rings. The van der Waals surface area contributed by atoms with Crippen LogP contribution in [0.2, 0.25) is 0 Å². The van der Waals surface area contributed by atoms with Gasteiger partial charge in [-0.2, -0.15) is 0 Å². The van der Waals surface area contributed by atoms with E-state index in [1.807, 2.05) is 0 Å². The molecule has 20 heavy (non-hydrogen) atoms. The van der Waals surface area contributed by atoms with E-state index in [9.17, 15) is 0 Å². The van der Waals surface area contributed by atoms with Crippen LogP contribution >= 0.6 is 0 Å². The lowest BCUT2D eigenvalue weighted by atomic mass is 9.69. The number of nitrogens with one attached hydrogen (secondary N) is 1. The molecule has 118 valence electrons. The number of nitrogens with zero attached hydrogens (tertiary/aromatic N) is 1. The van der Waals surface area contributed by atoms with Gasteiger partial charge < -0.3 is 15.0 Å². The molecular weight excluding hydrogens is 248 g/mol. The van der Waals surface area contributed by atoms with Crippen molar-refractivity contribution in [3.63, 3.8) is 0 Å². The summed E-state index contributed by atoms with van der Waals surface area (Å²) < 4.78 is 5.80. The maximum atomic E-state index is 5.80. The summed E-state index contributed by atoms with van der Waals surface area (Å²) in [6.07, 6.45) is 7.22. The first kappa shape index (κ1) is 16.3. The van der Waals surface area contributed by atoms with E-state index in [1.54, 1.807) is 0 Å². The second kappa shape index (κ2) is 7.77. The van der Waals surface area contributed by atoms with Crippen LogP contribution < -0.4 is 5.32 Å². The molecule has 3 atom stereocenters. The molecule has 3 nitrogen and oxygen atoms in total. The van der Waals surface area contributed by atoms with Crippen LogP contribution in [0.5, 0.6) is 0 Å². The van der Waals surface area contributed by atoms with Crippen LogP contribution in [0.3, 0.4) is 0 Å². The summed E-state index contributed by atoms with van der Waals surface area (Å²) >= 11 is 0. The van der Waals surface area contributed by atoms with Crippen LogP contribution in [0.15, 0.2) is 0 Å². The Morgan fingerprint density at radius 3 is 2.90 bits per heavy atom. The van der Waals surface area contributed by atoms with E-state index in [-0.39, 0.29) is 0 Å². The van der Waals surface area contributed by atoms with Gasteiger partial charge in [-0.3, -0.25) is 0 Å². The molecule has 0 aromatic heterocycles. The Hall–Kier alpha value is -0.120. The maximum absolute atomic E-state index is 5.80. The van der Waals surface area contributed by atoms with Crippen LogP contribution in [0.4, 0.5) is 0 Å². The lowest BCUT2D eigenvalue weighted by Crippen LogP contribution is -2.48. The molecular formula is C17H34N2O. The Balaban J connectivity index is 1.98. The van der Waals surface area contributed by atoms with Crippen molar-refractivity contribution >= 4 is 0 Å². The normalized spacial score (nSPS) is 36.8. The van der Waals surface area contributed by atoms with Crippen molar-refractivity contribution in [1.29, 1.82) is 0 Å². The third-order valence-electron chi connectivity index (χ3n) is 5.03. The van der Waals surface area contributed by atoms with Crippen LogP contribution in [0.25, 0.3) is 0 Å². The van der Waals surface area contributed by atoms with Gasteiger partial charge in [0.1, 0.15) is 0 Å². The lowest BCUT2D eigenvalue weighted by molar-refractivity contribution is 0.0456. The summed E-state index contributed by atoms with van der Waals surface area (Å²) in [4.78, 5) is 2.67. The number of hydrogen-bond donors (Lipinski definition) is 1. The quantitative estimate of drug-likeness (QED) is 0.839. The fourth-order valence-electron chi connectivity index (χ4n) is 4.22. The fourth-order valence-corrected chi connectivity index (χ4v) is 4.22. The van der Waals surface area contributed by atoms with Gasteiger partial charge in [0.15, 0.2) is 0 Å². The van der Waals surface area contributed by atoms with E-state index >= 15 is 0 Å². The smallest absolute Gasteiger partial charge is 0.0673 e. The van der Waals surface area contributed by atoms with E-state index in [4.69, 9.17) is 4.74 Å². The molecule has 2 aliphatic rings. The number of rotatable bonds is 5. The monoisotopic (exact) mass is 282 g/mol. The highest BCUT2D eigenvalue weighted by Crippen LogP contribution is 2.39. The van der Waals surface area contributed by atoms with Crippen molar-refractivity contribution in [1.82, 2.24) is 10.2 Å². The summed E-state index contributed by atoms with van der Waals surface area (Å²) in [5, 5.41) is 3.64. The van der Waals surface area contributed by atoms with Gasteiger partial charge in [-0.25, -0.2) is 0 Å². The van der Waals surface area contributed by atoms with Crippen molar-refractivity contribution in [2.75, 3.05) is 39.3 Å². The molecule has 1 heterocycles. The topological polar surface area (TPSA) is 24.5 Å². The molecule has 0 aromatic rings. The number of hydrogen-bond acceptors (Lipinski definition) is 3. The van der Waals surface area contributed by atoms with Crippen molar-refractivity contribution in [3.8, 4) is 0 Å². The Morgan fingerprint density at radius 2 is 2.15 bits per heavy atom. The van der Waals surface area contributed by atoms with Crippen LogP contribution in [-0.2, 0) is 4.74 Å². The van der Waals surface area contributed by atoms with Gasteiger partial charge in [0.25, 0.3) is 0 Å². The Morgan fingerprint density at radius 1 is 1.30 bits per heavy atom. The third kappa shape index (κ3) is 4.71. The average molecular weight is 282 g/mol. The second-order valence-electron chi connectivity index (χ2n) is 7.25. The average Bonchev–Trinajstić information content (AvgIpc) is 2.61. The van der Waals surface area contributed by atoms with Gasteiger partial charge in [-0.05, 0) is 44.1 Å². The fraction of sp³-hybridized carbons (Fsp3) is 1.00. The number of ether oxygens (including phenoxy) is 1. The van der Waals surface area contributed by atoms with Crippen molar-refractivity contribution in [2.24, 2.45) is 11.3 Å².